The molecule has 25 heavy (non-hydrogen) atoms. The average Bonchev–Trinajstić information content (AvgIpc) is 2.92. The minimum atomic E-state index is -0.898. The van der Waals surface area contributed by atoms with E-state index in [2.05, 4.69) is 31.9 Å². The molecule has 0 aliphatic heterocycles. The number of fused-ring (bicyclic) bond motifs is 1. The van der Waals surface area contributed by atoms with Crippen molar-refractivity contribution in [1.29, 1.82) is 5.26 Å². The summed E-state index contributed by atoms with van der Waals surface area (Å²) in [6.45, 7) is 1.55. The van der Waals surface area contributed by atoms with Crippen LogP contribution in [0.15, 0.2) is 54.6 Å². The predicted molar refractivity (Wildman–Crippen MR) is 97.4 cm³/mol. The van der Waals surface area contributed by atoms with Crippen LogP contribution in [0.3, 0.4) is 0 Å². The molecule has 0 radical (unpaired) electrons. The molecule has 0 aliphatic carbocycles. The molecule has 1 aromatic heterocycles. The Bertz CT molecular complexity index is 1060. The van der Waals surface area contributed by atoms with Crippen molar-refractivity contribution in [2.45, 2.75) is 13.0 Å². The lowest BCUT2D eigenvalue weighted by atomic mass is 10.2. The molecule has 1 heterocycles. The number of nitriles is 1. The Morgan fingerprint density at radius 3 is 2.56 bits per heavy atom. The van der Waals surface area contributed by atoms with Crippen LogP contribution in [0.1, 0.15) is 18.5 Å². The molecule has 8 heteroatoms. The molecular formula is C17H10Br2N2O4. The number of aromatic nitrogens is 1. The Kier molecular flexibility index (Phi) is 4.79. The number of carbonyl (C=O) groups excluding carboxylic acids is 1. The zero-order valence-corrected chi connectivity index (χ0v) is 16.0. The van der Waals surface area contributed by atoms with Gasteiger partial charge in [-0.3, -0.25) is 4.57 Å². The van der Waals surface area contributed by atoms with E-state index in [1.54, 1.807) is 31.2 Å². The molecule has 126 valence electrons. The van der Waals surface area contributed by atoms with E-state index < -0.39 is 17.8 Å². The van der Waals surface area contributed by atoms with Gasteiger partial charge in [0.05, 0.1) is 26.1 Å². The summed E-state index contributed by atoms with van der Waals surface area (Å²) < 4.78 is 12.7. The highest BCUT2D eigenvalue weighted by molar-refractivity contribution is 9.11. The first kappa shape index (κ1) is 17.5. The Labute approximate surface area is 158 Å². The van der Waals surface area contributed by atoms with Gasteiger partial charge in [0.2, 0.25) is 0 Å². The van der Waals surface area contributed by atoms with E-state index in [-0.39, 0.29) is 5.75 Å². The molecule has 0 saturated carbocycles. The molecule has 0 amide bonds. The number of benzene rings is 2. The molecule has 0 N–H and O–H groups in total. The fourth-order valence-electron chi connectivity index (χ4n) is 2.36. The van der Waals surface area contributed by atoms with Crippen LogP contribution < -0.4 is 10.5 Å². The number of carbonyl (C=O) groups is 1. The summed E-state index contributed by atoms with van der Waals surface area (Å²) in [5, 5.41) is 8.96. The normalized spacial score (nSPS) is 11.9. The van der Waals surface area contributed by atoms with E-state index in [0.717, 1.165) is 0 Å². The molecule has 6 nitrogen and oxygen atoms in total. The second-order valence-electron chi connectivity index (χ2n) is 5.18. The first-order chi connectivity index (χ1) is 11.9. The van der Waals surface area contributed by atoms with Gasteiger partial charge in [0, 0.05) is 0 Å². The maximum absolute atomic E-state index is 12.5. The average molecular weight is 466 g/mol. The molecule has 1 unspecified atom stereocenters. The van der Waals surface area contributed by atoms with Crippen molar-refractivity contribution in [3.05, 3.63) is 61.5 Å². The van der Waals surface area contributed by atoms with E-state index in [0.29, 0.717) is 25.6 Å². The van der Waals surface area contributed by atoms with Crippen molar-refractivity contribution in [3.63, 3.8) is 0 Å². The maximum Gasteiger partial charge on any atom is 0.420 e. The van der Waals surface area contributed by atoms with Crippen LogP contribution in [0.2, 0.25) is 0 Å². The summed E-state index contributed by atoms with van der Waals surface area (Å²) in [6, 6.07) is 11.0. The third-order valence-electron chi connectivity index (χ3n) is 3.58. The van der Waals surface area contributed by atoms with Crippen molar-refractivity contribution in [3.8, 4) is 11.8 Å². The van der Waals surface area contributed by atoms with Crippen LogP contribution in [-0.2, 0) is 4.79 Å². The zero-order chi connectivity index (χ0) is 18.1. The monoisotopic (exact) mass is 464 g/mol. The molecule has 0 fully saturated rings. The highest BCUT2D eigenvalue weighted by atomic mass is 79.9. The highest BCUT2D eigenvalue weighted by Gasteiger charge is 2.24. The fourth-order valence-corrected chi connectivity index (χ4v) is 3.71. The van der Waals surface area contributed by atoms with Gasteiger partial charge in [-0.05, 0) is 63.0 Å². The van der Waals surface area contributed by atoms with Crippen molar-refractivity contribution in [2.24, 2.45) is 0 Å². The van der Waals surface area contributed by atoms with Gasteiger partial charge in [-0.1, -0.05) is 12.1 Å². The third-order valence-corrected chi connectivity index (χ3v) is 4.76. The van der Waals surface area contributed by atoms with E-state index in [1.165, 1.54) is 16.7 Å². The molecule has 2 aromatic carbocycles. The molecule has 0 aliphatic rings. The fraction of sp³-hybridized carbons (Fsp3) is 0.118. The highest BCUT2D eigenvalue weighted by Crippen LogP contribution is 2.35. The molecule has 1 atom stereocenters. The van der Waals surface area contributed by atoms with Gasteiger partial charge in [-0.2, -0.15) is 5.26 Å². The Hall–Kier alpha value is -2.37. The van der Waals surface area contributed by atoms with Crippen molar-refractivity contribution >= 4 is 48.9 Å². The van der Waals surface area contributed by atoms with Crippen LogP contribution in [-0.4, -0.2) is 10.5 Å². The maximum atomic E-state index is 12.5. The Morgan fingerprint density at radius 1 is 1.28 bits per heavy atom. The summed E-state index contributed by atoms with van der Waals surface area (Å²) in [6.07, 6.45) is 0. The van der Waals surface area contributed by atoms with E-state index in [9.17, 15) is 9.59 Å². The van der Waals surface area contributed by atoms with Gasteiger partial charge in [-0.15, -0.1) is 0 Å². The smallest absolute Gasteiger partial charge is 0.420 e. The summed E-state index contributed by atoms with van der Waals surface area (Å²) in [7, 11) is 0. The second-order valence-corrected chi connectivity index (χ2v) is 6.89. The quantitative estimate of drug-likeness (QED) is 0.428. The SMILES string of the molecule is CC(C(=O)Oc1c(Br)cc(C#N)cc1Br)n1c(=O)oc2ccccc21. The number of rotatable bonds is 3. The van der Waals surface area contributed by atoms with Gasteiger partial charge in [0.25, 0.3) is 0 Å². The summed E-state index contributed by atoms with van der Waals surface area (Å²) in [5.41, 5.74) is 1.31. The van der Waals surface area contributed by atoms with Crippen molar-refractivity contribution in [1.82, 2.24) is 4.57 Å². The molecule has 0 saturated heterocycles. The first-order valence-corrected chi connectivity index (χ1v) is 8.72. The van der Waals surface area contributed by atoms with Gasteiger partial charge in [-0.25, -0.2) is 9.59 Å². The first-order valence-electron chi connectivity index (χ1n) is 7.13. The molecule has 3 aromatic rings. The lowest BCUT2D eigenvalue weighted by Gasteiger charge is -2.14. The van der Waals surface area contributed by atoms with Crippen LogP contribution in [0.5, 0.6) is 5.75 Å². The number of oxazole rings is 1. The summed E-state index contributed by atoms with van der Waals surface area (Å²) in [5.74, 6) is -1.04. The molecule has 3 rings (SSSR count). The lowest BCUT2D eigenvalue weighted by Crippen LogP contribution is -2.28. The molecule has 0 spiro atoms. The number of esters is 1. The van der Waals surface area contributed by atoms with Crippen molar-refractivity contribution in [2.75, 3.05) is 0 Å². The van der Waals surface area contributed by atoms with Crippen LogP contribution in [0.4, 0.5) is 0 Å². The van der Waals surface area contributed by atoms with Gasteiger partial charge in [0.15, 0.2) is 11.3 Å². The number of para-hydroxylation sites is 2. The number of hydrogen-bond donors (Lipinski definition) is 0. The number of ether oxygens (including phenoxy) is 1. The third kappa shape index (κ3) is 3.25. The van der Waals surface area contributed by atoms with Crippen LogP contribution in [0.25, 0.3) is 11.1 Å². The van der Waals surface area contributed by atoms with Crippen molar-refractivity contribution < 1.29 is 13.9 Å². The van der Waals surface area contributed by atoms with E-state index in [4.69, 9.17) is 14.4 Å². The Morgan fingerprint density at radius 2 is 1.92 bits per heavy atom. The van der Waals surface area contributed by atoms with E-state index in [1.807, 2.05) is 6.07 Å². The minimum Gasteiger partial charge on any atom is -0.423 e. The lowest BCUT2D eigenvalue weighted by molar-refractivity contribution is -0.137. The molecular weight excluding hydrogens is 456 g/mol. The predicted octanol–water partition coefficient (Wildman–Crippen LogP) is 4.16. The standard InChI is InChI=1S/C17H10Br2N2O4/c1-9(21-13-4-2-3-5-14(13)24-17(21)23)16(22)25-15-11(18)6-10(8-20)7-12(15)19/h2-7,9H,1H3. The molecule has 0 bridgehead atoms. The second kappa shape index (κ2) is 6.86. The summed E-state index contributed by atoms with van der Waals surface area (Å²) >= 11 is 6.55. The topological polar surface area (TPSA) is 85.2 Å². The van der Waals surface area contributed by atoms with Gasteiger partial charge >= 0.3 is 11.7 Å². The zero-order valence-electron chi connectivity index (χ0n) is 12.8. The summed E-state index contributed by atoms with van der Waals surface area (Å²) in [4.78, 5) is 24.6. The minimum absolute atomic E-state index is 0.233. The number of nitrogens with zero attached hydrogens (tertiary/aromatic N) is 2. The largest absolute Gasteiger partial charge is 0.423 e. The number of halogens is 2. The van der Waals surface area contributed by atoms with Crippen LogP contribution >= 0.6 is 31.9 Å². The van der Waals surface area contributed by atoms with Crippen LogP contribution in [0, 0.1) is 11.3 Å². The number of hydrogen-bond acceptors (Lipinski definition) is 5. The Balaban J connectivity index is 1.95. The van der Waals surface area contributed by atoms with Gasteiger partial charge < -0.3 is 9.15 Å². The van der Waals surface area contributed by atoms with Gasteiger partial charge in [0.1, 0.15) is 6.04 Å². The van der Waals surface area contributed by atoms with E-state index >= 15 is 0 Å².